The molecular weight excluding hydrogens is 560 g/mol. The van der Waals surface area contributed by atoms with E-state index in [4.69, 9.17) is 33.0 Å². The van der Waals surface area contributed by atoms with Gasteiger partial charge < -0.3 is 13.3 Å². The Morgan fingerprint density at radius 1 is 0.568 bits per heavy atom. The molecule has 0 saturated carbocycles. The highest BCUT2D eigenvalue weighted by Crippen LogP contribution is 2.36. The maximum atomic E-state index is 9.45. The Kier molecular flexibility index (Phi) is 5.58. The number of hydrogen-bond donors (Lipinski definition) is 0. The van der Waals surface area contributed by atoms with Gasteiger partial charge in [0, 0.05) is 6.07 Å². The summed E-state index contributed by atoms with van der Waals surface area (Å²) in [5.41, 5.74) is 4.17. The number of aryl methyl sites for hydroxylation is 1. The van der Waals surface area contributed by atoms with Crippen LogP contribution in [-0.4, -0.2) is 24.9 Å². The lowest BCUT2D eigenvalue weighted by Gasteiger charge is -2.02. The van der Waals surface area contributed by atoms with Gasteiger partial charge in [-0.1, -0.05) is 0 Å². The maximum absolute atomic E-state index is 9.45. The van der Waals surface area contributed by atoms with E-state index in [2.05, 4.69) is 45.5 Å². The zero-order valence-corrected chi connectivity index (χ0v) is 22.2. The molecule has 13 heteroatoms. The quantitative estimate of drug-likeness (QED) is 0.193. The molecule has 0 unspecified atom stereocenters. The van der Waals surface area contributed by atoms with Crippen molar-refractivity contribution in [1.29, 1.82) is 10.5 Å². The largest absolute Gasteiger partial charge is 0.436 e. The lowest BCUT2D eigenvalue weighted by atomic mass is 10.1. The van der Waals surface area contributed by atoms with Crippen LogP contribution in [0.2, 0.25) is 0 Å². The van der Waals surface area contributed by atoms with Gasteiger partial charge in [0.25, 0.3) is 5.89 Å². The maximum Gasteiger partial charge on any atom is 0.266 e. The predicted octanol–water partition coefficient (Wildman–Crippen LogP) is 7.61. The smallest absolute Gasteiger partial charge is 0.266 e. The van der Waals surface area contributed by atoms with Crippen molar-refractivity contribution in [3.63, 3.8) is 0 Å². The molecule has 0 amide bonds. The number of nitrogens with zero attached hydrogens (tertiary/aromatic N) is 10. The Balaban J connectivity index is 1.45. The van der Waals surface area contributed by atoms with Crippen LogP contribution >= 0.6 is 0 Å². The van der Waals surface area contributed by atoms with E-state index in [0.29, 0.717) is 27.7 Å². The molecule has 7 aromatic rings. The molecule has 0 bridgehead atoms. The summed E-state index contributed by atoms with van der Waals surface area (Å²) in [7, 11) is 0. The normalized spacial score (nSPS) is 10.7. The van der Waals surface area contributed by atoms with Crippen LogP contribution in [0.15, 0.2) is 55.7 Å². The van der Waals surface area contributed by atoms with E-state index in [1.165, 1.54) is 30.3 Å². The molecule has 0 fully saturated rings. The standard InChI is InChI=1S/C31H10N10O3/c1-14-5-25-20(6-15(14)12-32)39-29(42-25)23-9-24(30-40-21-7-16(13-33)17(34-2)10-26(21)43-30)38-28(37-23)31-41-22-8-18(35-3)19(36-4)11-27(22)44-31/h5-11H,1H3. The van der Waals surface area contributed by atoms with E-state index in [1.54, 1.807) is 19.1 Å². The molecule has 7 rings (SSSR count). The van der Waals surface area contributed by atoms with Gasteiger partial charge in [0.2, 0.25) is 23.3 Å². The fourth-order valence-corrected chi connectivity index (χ4v) is 4.55. The highest BCUT2D eigenvalue weighted by molar-refractivity contribution is 5.89. The van der Waals surface area contributed by atoms with E-state index in [0.717, 1.165) is 5.56 Å². The molecule has 4 heterocycles. The van der Waals surface area contributed by atoms with E-state index in [9.17, 15) is 10.5 Å². The highest BCUT2D eigenvalue weighted by atomic mass is 16.4. The molecule has 0 radical (unpaired) electrons. The molecule has 0 N–H and O–H groups in total. The van der Waals surface area contributed by atoms with Crippen molar-refractivity contribution in [3.8, 4) is 47.0 Å². The second-order valence-electron chi connectivity index (χ2n) is 9.36. The van der Waals surface area contributed by atoms with Crippen molar-refractivity contribution in [2.24, 2.45) is 0 Å². The van der Waals surface area contributed by atoms with Crippen molar-refractivity contribution < 1.29 is 13.3 Å². The lowest BCUT2D eigenvalue weighted by molar-refractivity contribution is 0.604. The first-order valence-corrected chi connectivity index (χ1v) is 12.5. The van der Waals surface area contributed by atoms with E-state index in [1.807, 2.05) is 6.07 Å². The molecule has 0 aliphatic rings. The SMILES string of the molecule is [C-]#[N+]c1cc2oc(-c3cc(-c4nc5cc(C#N)c(C)cc5o4)nc(-c4nc5cc([N+]#[C-])c([N+]#[C-])cc5o4)n3)nc2cc1C#N. The lowest BCUT2D eigenvalue weighted by Crippen LogP contribution is -1.96. The van der Waals surface area contributed by atoms with Gasteiger partial charge in [0.15, 0.2) is 17.0 Å². The molecule has 13 nitrogen and oxygen atoms in total. The number of rotatable bonds is 3. The number of oxazole rings is 3. The summed E-state index contributed by atoms with van der Waals surface area (Å²) >= 11 is 0. The van der Waals surface area contributed by atoms with E-state index < -0.39 is 0 Å². The number of benzene rings is 3. The van der Waals surface area contributed by atoms with Crippen molar-refractivity contribution >= 4 is 50.4 Å². The molecular formula is C31H10N10O3. The molecule has 0 spiro atoms. The summed E-state index contributed by atoms with van der Waals surface area (Å²) < 4.78 is 17.9. The minimum Gasteiger partial charge on any atom is -0.436 e. The Hall–Kier alpha value is -7.40. The van der Waals surface area contributed by atoms with Gasteiger partial charge in [-0.3, -0.25) is 4.85 Å². The Bertz CT molecular complexity index is 2360. The van der Waals surface area contributed by atoms with Gasteiger partial charge in [0.05, 0.1) is 48.5 Å². The highest BCUT2D eigenvalue weighted by Gasteiger charge is 2.22. The van der Waals surface area contributed by atoms with Gasteiger partial charge in [-0.2, -0.15) is 10.5 Å². The van der Waals surface area contributed by atoms with Crippen LogP contribution in [0.25, 0.3) is 82.7 Å². The van der Waals surface area contributed by atoms with Crippen molar-refractivity contribution in [2.45, 2.75) is 6.92 Å². The minimum absolute atomic E-state index is 0.000363. The topological polar surface area (TPSA) is 165 Å². The summed E-state index contributed by atoms with van der Waals surface area (Å²) in [6, 6.07) is 14.7. The van der Waals surface area contributed by atoms with Gasteiger partial charge in [-0.25, -0.2) is 34.6 Å². The number of aromatic nitrogens is 5. The van der Waals surface area contributed by atoms with E-state index in [-0.39, 0.29) is 68.7 Å². The zero-order valence-electron chi connectivity index (χ0n) is 22.2. The van der Waals surface area contributed by atoms with Crippen molar-refractivity contribution in [1.82, 2.24) is 24.9 Å². The van der Waals surface area contributed by atoms with Gasteiger partial charge in [-0.05, 0) is 48.9 Å². The first kappa shape index (κ1) is 25.6. The first-order valence-electron chi connectivity index (χ1n) is 12.5. The predicted molar refractivity (Wildman–Crippen MR) is 154 cm³/mol. The average molecular weight is 570 g/mol. The third kappa shape index (κ3) is 4.02. The Morgan fingerprint density at radius 2 is 1.05 bits per heavy atom. The van der Waals surface area contributed by atoms with Crippen molar-refractivity contribution in [2.75, 3.05) is 0 Å². The molecule has 4 aromatic heterocycles. The number of fused-ring (bicyclic) bond motifs is 3. The van der Waals surface area contributed by atoms with Crippen LogP contribution in [0.3, 0.4) is 0 Å². The van der Waals surface area contributed by atoms with E-state index >= 15 is 0 Å². The van der Waals surface area contributed by atoms with Crippen molar-refractivity contribution in [3.05, 3.63) is 93.4 Å². The second-order valence-corrected chi connectivity index (χ2v) is 9.36. The summed E-state index contributed by atoms with van der Waals surface area (Å²) in [5.74, 6) is 0.147. The molecule has 0 saturated heterocycles. The van der Waals surface area contributed by atoms with Crippen LogP contribution in [0, 0.1) is 49.3 Å². The van der Waals surface area contributed by atoms with Crippen LogP contribution in [0.5, 0.6) is 0 Å². The fraction of sp³-hybridized carbons (Fsp3) is 0.0323. The second kappa shape index (κ2) is 9.61. The van der Waals surface area contributed by atoms with Crippen LogP contribution in [0.4, 0.5) is 17.1 Å². The third-order valence-electron chi connectivity index (χ3n) is 6.68. The first-order chi connectivity index (χ1) is 21.4. The van der Waals surface area contributed by atoms with Gasteiger partial charge >= 0.3 is 0 Å². The third-order valence-corrected chi connectivity index (χ3v) is 6.68. The van der Waals surface area contributed by atoms with Crippen LogP contribution in [0.1, 0.15) is 16.7 Å². The summed E-state index contributed by atoms with van der Waals surface area (Å²) in [4.78, 5) is 32.8. The number of hydrogen-bond acceptors (Lipinski definition) is 10. The van der Waals surface area contributed by atoms with Gasteiger partial charge in [0.1, 0.15) is 33.6 Å². The monoisotopic (exact) mass is 570 g/mol. The van der Waals surface area contributed by atoms with Gasteiger partial charge in [-0.15, -0.1) is 0 Å². The Morgan fingerprint density at radius 3 is 1.64 bits per heavy atom. The summed E-state index contributed by atoms with van der Waals surface area (Å²) in [6.07, 6.45) is 0. The summed E-state index contributed by atoms with van der Waals surface area (Å²) in [6.45, 7) is 23.9. The zero-order chi connectivity index (χ0) is 30.5. The molecule has 202 valence electrons. The molecule has 0 atom stereocenters. The van der Waals surface area contributed by atoms with Crippen LogP contribution < -0.4 is 0 Å². The molecule has 0 aliphatic heterocycles. The van der Waals surface area contributed by atoms with Crippen LogP contribution in [-0.2, 0) is 0 Å². The minimum atomic E-state index is -0.0157. The average Bonchev–Trinajstić information content (AvgIpc) is 3.78. The molecule has 3 aromatic carbocycles. The summed E-state index contributed by atoms with van der Waals surface area (Å²) in [5, 5.41) is 18.9. The Labute approximate surface area is 246 Å². The fourth-order valence-electron chi connectivity index (χ4n) is 4.55. The number of nitriles is 2. The molecule has 0 aliphatic carbocycles. The molecule has 44 heavy (non-hydrogen) atoms.